The number of carbonyl (C=O) groups is 2. The molecule has 3 aromatic rings. The molecule has 1 aliphatic rings. The number of nitrogen functional groups attached to an aromatic ring is 1. The molecule has 1 fully saturated rings. The minimum atomic E-state index is -4.79. The van der Waals surface area contributed by atoms with E-state index in [0.29, 0.717) is 0 Å². The second kappa shape index (κ2) is 9.96. The molecular weight excluding hydrogens is 539 g/mol. The van der Waals surface area contributed by atoms with Crippen molar-refractivity contribution in [1.82, 2.24) is 29.8 Å². The zero-order valence-corrected chi connectivity index (χ0v) is 20.4. The topological polar surface area (TPSA) is 119 Å². The lowest BCUT2D eigenvalue weighted by Crippen LogP contribution is -2.42. The van der Waals surface area contributed by atoms with E-state index in [9.17, 15) is 40.3 Å². The Bertz CT molecular complexity index is 1420. The van der Waals surface area contributed by atoms with Crippen LogP contribution in [0.4, 0.5) is 36.6 Å². The van der Waals surface area contributed by atoms with Gasteiger partial charge in [-0.2, -0.15) is 31.4 Å². The Balaban J connectivity index is 1.57. The quantitative estimate of drug-likeness (QED) is 0.460. The van der Waals surface area contributed by atoms with Gasteiger partial charge in [0.05, 0.1) is 41.0 Å². The summed E-state index contributed by atoms with van der Waals surface area (Å²) in [5, 5.41) is 6.25. The average molecular weight is 561 g/mol. The number of aromatic nitrogens is 4. The van der Waals surface area contributed by atoms with Gasteiger partial charge in [-0.25, -0.2) is 13.9 Å². The predicted octanol–water partition coefficient (Wildman–Crippen LogP) is 3.57. The molecule has 3 N–H and O–H groups in total. The van der Waals surface area contributed by atoms with E-state index in [0.717, 1.165) is 28.7 Å². The molecule has 0 saturated carbocycles. The van der Waals surface area contributed by atoms with Crippen LogP contribution in [0.25, 0.3) is 16.8 Å². The molecule has 9 nitrogen and oxygen atoms in total. The third kappa shape index (κ3) is 5.59. The number of nitrogens with zero attached hydrogens (tertiary/aromatic N) is 5. The molecule has 3 atom stereocenters. The van der Waals surface area contributed by atoms with Crippen LogP contribution in [0.1, 0.15) is 35.0 Å². The van der Waals surface area contributed by atoms with Crippen LogP contribution in [0.3, 0.4) is 0 Å². The number of carbonyl (C=O) groups excluding carboxylic acids is 2. The Morgan fingerprint density at radius 3 is 2.49 bits per heavy atom. The van der Waals surface area contributed by atoms with E-state index < -0.39 is 72.2 Å². The second-order valence-electron chi connectivity index (χ2n) is 9.25. The summed E-state index contributed by atoms with van der Waals surface area (Å²) >= 11 is 0. The van der Waals surface area contributed by atoms with Gasteiger partial charge in [-0.3, -0.25) is 14.6 Å². The number of fused-ring (bicyclic) bond motifs is 1. The van der Waals surface area contributed by atoms with Crippen molar-refractivity contribution in [3.8, 4) is 11.3 Å². The molecule has 4 heterocycles. The van der Waals surface area contributed by atoms with Crippen molar-refractivity contribution >= 4 is 23.1 Å². The summed E-state index contributed by atoms with van der Waals surface area (Å²) in [6, 6.07) is 0.812. The van der Waals surface area contributed by atoms with E-state index in [1.807, 2.05) is 0 Å². The minimum absolute atomic E-state index is 0.0653. The first-order valence-corrected chi connectivity index (χ1v) is 11.5. The zero-order valence-electron chi connectivity index (χ0n) is 20.4. The number of halogens is 7. The molecule has 0 aliphatic carbocycles. The summed E-state index contributed by atoms with van der Waals surface area (Å²) in [4.78, 5) is 33.9. The zero-order chi connectivity index (χ0) is 28.9. The maximum Gasteiger partial charge on any atom is 0.418 e. The van der Waals surface area contributed by atoms with Crippen molar-refractivity contribution < 1.29 is 40.3 Å². The fourth-order valence-corrected chi connectivity index (χ4v) is 4.25. The van der Waals surface area contributed by atoms with E-state index in [-0.39, 0.29) is 29.1 Å². The number of amides is 2. The van der Waals surface area contributed by atoms with Crippen molar-refractivity contribution in [3.05, 3.63) is 41.5 Å². The van der Waals surface area contributed by atoms with E-state index >= 15 is 0 Å². The number of alkyl halides is 7. The maximum absolute atomic E-state index is 14.6. The first kappa shape index (κ1) is 28.0. The second-order valence-corrected chi connectivity index (χ2v) is 9.25. The van der Waals surface area contributed by atoms with Gasteiger partial charge in [0, 0.05) is 24.7 Å². The van der Waals surface area contributed by atoms with Gasteiger partial charge in [0.25, 0.3) is 5.91 Å². The number of aryl methyl sites for hydroxylation is 1. The van der Waals surface area contributed by atoms with Gasteiger partial charge in [0.2, 0.25) is 5.91 Å². The number of nitrogens with two attached hydrogens (primary N) is 1. The molecule has 1 saturated heterocycles. The fourth-order valence-electron chi connectivity index (χ4n) is 4.25. The number of anilines is 1. The van der Waals surface area contributed by atoms with Crippen LogP contribution in [-0.2, 0) is 11.0 Å². The third-order valence-corrected chi connectivity index (χ3v) is 6.47. The molecule has 3 aromatic heterocycles. The molecule has 0 radical (unpaired) electrons. The number of likely N-dealkylation sites (tertiary alicyclic amines) is 1. The lowest BCUT2D eigenvalue weighted by molar-refractivity contribution is -0.176. The van der Waals surface area contributed by atoms with Crippen LogP contribution >= 0.6 is 0 Å². The predicted molar refractivity (Wildman–Crippen MR) is 123 cm³/mol. The fraction of sp³-hybridized carbons (Fsp3) is 0.435. The highest BCUT2D eigenvalue weighted by molar-refractivity contribution is 5.96. The Labute approximate surface area is 216 Å². The SMILES string of the molecule is Cc1ncc(-c2cc(C(F)(F)F)c3c(N)ncnn23)cc1C(=O)N[C@@H]1CN(C(=O)CC(C)C(F)(F)F)C[C@@H]1F. The maximum atomic E-state index is 14.6. The molecule has 39 heavy (non-hydrogen) atoms. The Morgan fingerprint density at radius 2 is 1.85 bits per heavy atom. The highest BCUT2D eigenvalue weighted by Crippen LogP contribution is 2.38. The lowest BCUT2D eigenvalue weighted by atomic mass is 10.1. The summed E-state index contributed by atoms with van der Waals surface area (Å²) in [7, 11) is 0. The van der Waals surface area contributed by atoms with Gasteiger partial charge in [-0.1, -0.05) is 6.92 Å². The van der Waals surface area contributed by atoms with Crippen LogP contribution in [0.2, 0.25) is 0 Å². The van der Waals surface area contributed by atoms with Gasteiger partial charge < -0.3 is 16.0 Å². The summed E-state index contributed by atoms with van der Waals surface area (Å²) in [6.07, 6.45) is -9.80. The first-order valence-electron chi connectivity index (χ1n) is 11.5. The van der Waals surface area contributed by atoms with Crippen molar-refractivity contribution in [2.45, 2.75) is 44.8 Å². The summed E-state index contributed by atoms with van der Waals surface area (Å²) in [5.41, 5.74) is 4.13. The Morgan fingerprint density at radius 1 is 1.15 bits per heavy atom. The Hall–Kier alpha value is -3.98. The molecule has 2 amide bonds. The highest BCUT2D eigenvalue weighted by atomic mass is 19.4. The molecular formula is C23H22F7N7O2. The Kier molecular flexibility index (Phi) is 7.16. The minimum Gasteiger partial charge on any atom is -0.382 e. The summed E-state index contributed by atoms with van der Waals surface area (Å²) in [6.45, 7) is 1.45. The van der Waals surface area contributed by atoms with Crippen LogP contribution in [0, 0.1) is 12.8 Å². The van der Waals surface area contributed by atoms with Crippen molar-refractivity contribution in [3.63, 3.8) is 0 Å². The van der Waals surface area contributed by atoms with Gasteiger partial charge in [0.15, 0.2) is 5.82 Å². The van der Waals surface area contributed by atoms with Crippen molar-refractivity contribution in [2.75, 3.05) is 18.8 Å². The van der Waals surface area contributed by atoms with Crippen molar-refractivity contribution in [2.24, 2.45) is 5.92 Å². The molecule has 16 heteroatoms. The molecule has 210 valence electrons. The van der Waals surface area contributed by atoms with Gasteiger partial charge >= 0.3 is 12.4 Å². The smallest absolute Gasteiger partial charge is 0.382 e. The number of pyridine rings is 1. The van der Waals surface area contributed by atoms with E-state index in [2.05, 4.69) is 20.4 Å². The van der Waals surface area contributed by atoms with E-state index in [1.54, 1.807) is 0 Å². The first-order chi connectivity index (χ1) is 18.1. The molecule has 1 aliphatic heterocycles. The number of nitrogens with one attached hydrogen (secondary N) is 1. The molecule has 0 spiro atoms. The molecule has 1 unspecified atom stereocenters. The molecule has 4 rings (SSSR count). The molecule has 0 bridgehead atoms. The number of hydrogen-bond donors (Lipinski definition) is 2. The van der Waals surface area contributed by atoms with E-state index in [4.69, 9.17) is 5.73 Å². The number of hydrogen-bond acceptors (Lipinski definition) is 6. The highest BCUT2D eigenvalue weighted by Gasteiger charge is 2.41. The van der Waals surface area contributed by atoms with Crippen LogP contribution in [0.15, 0.2) is 24.7 Å². The van der Waals surface area contributed by atoms with Crippen molar-refractivity contribution in [1.29, 1.82) is 0 Å². The molecule has 0 aromatic carbocycles. The largest absolute Gasteiger partial charge is 0.418 e. The third-order valence-electron chi connectivity index (χ3n) is 6.47. The van der Waals surface area contributed by atoms with Crippen LogP contribution in [0.5, 0.6) is 0 Å². The number of rotatable bonds is 5. The van der Waals surface area contributed by atoms with Crippen LogP contribution < -0.4 is 11.1 Å². The average Bonchev–Trinajstić information content (AvgIpc) is 3.40. The lowest BCUT2D eigenvalue weighted by Gasteiger charge is -2.20. The summed E-state index contributed by atoms with van der Waals surface area (Å²) in [5.74, 6) is -4.07. The van der Waals surface area contributed by atoms with Gasteiger partial charge in [0.1, 0.15) is 18.0 Å². The van der Waals surface area contributed by atoms with Gasteiger partial charge in [-0.15, -0.1) is 0 Å². The summed E-state index contributed by atoms with van der Waals surface area (Å²) < 4.78 is 94.9. The standard InChI is InChI=1S/C23H22F7N7O2/c1-10(22(25,26)27)3-18(38)36-7-15(24)16(8-36)35-21(39)13-4-12(6-32-11(13)2)17-5-14(23(28,29)30)19-20(31)33-9-34-37(17)19/h4-6,9-10,15-16H,3,7-8H2,1-2H3,(H,35,39)(H2,31,33,34)/t10?,15-,16+/m0/s1. The normalized spacial score (nSPS) is 18.9. The van der Waals surface area contributed by atoms with Gasteiger partial charge in [-0.05, 0) is 19.1 Å². The van der Waals surface area contributed by atoms with E-state index in [1.165, 1.54) is 19.2 Å². The van der Waals surface area contributed by atoms with Crippen LogP contribution in [-0.4, -0.2) is 67.8 Å². The monoisotopic (exact) mass is 561 g/mol.